The molecular formula is C17H21ClN2O. The molecule has 0 radical (unpaired) electrons. The van der Waals surface area contributed by atoms with Gasteiger partial charge in [-0.3, -0.25) is 4.98 Å². The predicted molar refractivity (Wildman–Crippen MR) is 87.8 cm³/mol. The molecule has 0 aliphatic carbocycles. The van der Waals surface area contributed by atoms with Crippen LogP contribution < -0.4 is 10.1 Å². The van der Waals surface area contributed by atoms with E-state index in [-0.39, 0.29) is 0 Å². The first kappa shape index (κ1) is 15.8. The lowest BCUT2D eigenvalue weighted by Gasteiger charge is -2.14. The first-order valence-electron chi connectivity index (χ1n) is 7.20. The molecule has 0 aliphatic heterocycles. The van der Waals surface area contributed by atoms with Crippen molar-refractivity contribution < 1.29 is 4.74 Å². The molecule has 0 aliphatic rings. The molecule has 112 valence electrons. The summed E-state index contributed by atoms with van der Waals surface area (Å²) in [6, 6.07) is 8.39. The number of pyridine rings is 1. The van der Waals surface area contributed by atoms with E-state index in [1.54, 1.807) is 6.20 Å². The molecule has 4 heteroatoms. The zero-order chi connectivity index (χ0) is 15.2. The Morgan fingerprint density at radius 1 is 1.24 bits per heavy atom. The van der Waals surface area contributed by atoms with Gasteiger partial charge in [0, 0.05) is 29.4 Å². The van der Waals surface area contributed by atoms with Crippen LogP contribution in [0.5, 0.6) is 5.75 Å². The van der Waals surface area contributed by atoms with Gasteiger partial charge in [0.2, 0.25) is 0 Å². The lowest BCUT2D eigenvalue weighted by atomic mass is 10.0. The standard InChI is InChI=1S/C17H21ClN2O/c1-4-21-16-7-14(9-19-11-16)17-8-15(18)6-5-13(17)10-20-12(2)3/h5-9,11-12,20H,4,10H2,1-3H3. The number of nitrogens with zero attached hydrogens (tertiary/aromatic N) is 1. The predicted octanol–water partition coefficient (Wildman–Crippen LogP) is 4.30. The minimum Gasteiger partial charge on any atom is -0.492 e. The van der Waals surface area contributed by atoms with E-state index in [1.807, 2.05) is 31.3 Å². The fraction of sp³-hybridized carbons (Fsp3) is 0.353. The SMILES string of the molecule is CCOc1cncc(-c2cc(Cl)ccc2CNC(C)C)c1. The third-order valence-corrected chi connectivity index (χ3v) is 3.34. The maximum absolute atomic E-state index is 6.16. The van der Waals surface area contributed by atoms with E-state index in [1.165, 1.54) is 5.56 Å². The second kappa shape index (κ2) is 7.43. The molecule has 2 rings (SSSR count). The second-order valence-corrected chi connectivity index (χ2v) is 5.62. The molecule has 0 saturated carbocycles. The summed E-state index contributed by atoms with van der Waals surface area (Å²) >= 11 is 6.16. The minimum absolute atomic E-state index is 0.432. The highest BCUT2D eigenvalue weighted by atomic mass is 35.5. The second-order valence-electron chi connectivity index (χ2n) is 5.18. The zero-order valence-electron chi connectivity index (χ0n) is 12.7. The van der Waals surface area contributed by atoms with Crippen LogP contribution in [0.15, 0.2) is 36.7 Å². The van der Waals surface area contributed by atoms with Crippen LogP contribution in [0.3, 0.4) is 0 Å². The van der Waals surface area contributed by atoms with Crippen molar-refractivity contribution in [3.8, 4) is 16.9 Å². The summed E-state index contributed by atoms with van der Waals surface area (Å²) < 4.78 is 5.53. The van der Waals surface area contributed by atoms with Gasteiger partial charge in [0.25, 0.3) is 0 Å². The molecule has 21 heavy (non-hydrogen) atoms. The highest BCUT2D eigenvalue weighted by Gasteiger charge is 2.08. The van der Waals surface area contributed by atoms with Crippen molar-refractivity contribution in [1.29, 1.82) is 0 Å². The molecule has 1 aromatic carbocycles. The van der Waals surface area contributed by atoms with Gasteiger partial charge in [-0.1, -0.05) is 31.5 Å². The van der Waals surface area contributed by atoms with E-state index < -0.39 is 0 Å². The number of rotatable bonds is 6. The fourth-order valence-electron chi connectivity index (χ4n) is 2.10. The van der Waals surface area contributed by atoms with Gasteiger partial charge in [-0.25, -0.2) is 0 Å². The largest absolute Gasteiger partial charge is 0.492 e. The maximum atomic E-state index is 6.16. The average Bonchev–Trinajstić information content (AvgIpc) is 2.46. The van der Waals surface area contributed by atoms with Gasteiger partial charge < -0.3 is 10.1 Å². The van der Waals surface area contributed by atoms with Crippen LogP contribution in [0.25, 0.3) is 11.1 Å². The Labute approximate surface area is 131 Å². The van der Waals surface area contributed by atoms with E-state index >= 15 is 0 Å². The molecule has 0 unspecified atom stereocenters. The van der Waals surface area contributed by atoms with Crippen molar-refractivity contribution in [2.75, 3.05) is 6.61 Å². The summed E-state index contributed by atoms with van der Waals surface area (Å²) in [6.07, 6.45) is 3.57. The molecule has 1 N–H and O–H groups in total. The third kappa shape index (κ3) is 4.45. The van der Waals surface area contributed by atoms with Gasteiger partial charge in [-0.15, -0.1) is 0 Å². The first-order chi connectivity index (χ1) is 10.1. The van der Waals surface area contributed by atoms with Gasteiger partial charge in [-0.05, 0) is 36.2 Å². The van der Waals surface area contributed by atoms with Gasteiger partial charge in [0.05, 0.1) is 12.8 Å². The van der Waals surface area contributed by atoms with E-state index in [4.69, 9.17) is 16.3 Å². The molecule has 0 saturated heterocycles. The van der Waals surface area contributed by atoms with Gasteiger partial charge in [-0.2, -0.15) is 0 Å². The molecule has 0 amide bonds. The Kier molecular flexibility index (Phi) is 5.59. The van der Waals surface area contributed by atoms with Gasteiger partial charge >= 0.3 is 0 Å². The number of ether oxygens (including phenoxy) is 1. The molecule has 0 bridgehead atoms. The summed E-state index contributed by atoms with van der Waals surface area (Å²) in [4.78, 5) is 4.26. The van der Waals surface area contributed by atoms with Crippen molar-refractivity contribution in [2.45, 2.75) is 33.4 Å². The minimum atomic E-state index is 0.432. The molecule has 0 fully saturated rings. The number of halogens is 1. The quantitative estimate of drug-likeness (QED) is 0.864. The van der Waals surface area contributed by atoms with Crippen LogP contribution in [0.2, 0.25) is 5.02 Å². The smallest absolute Gasteiger partial charge is 0.138 e. The van der Waals surface area contributed by atoms with Gasteiger partial charge in [0.1, 0.15) is 5.75 Å². The van der Waals surface area contributed by atoms with Crippen LogP contribution in [-0.4, -0.2) is 17.6 Å². The Morgan fingerprint density at radius 2 is 2.05 bits per heavy atom. The van der Waals surface area contributed by atoms with Crippen molar-refractivity contribution in [2.24, 2.45) is 0 Å². The van der Waals surface area contributed by atoms with E-state index in [0.29, 0.717) is 12.6 Å². The van der Waals surface area contributed by atoms with Gasteiger partial charge in [0.15, 0.2) is 0 Å². The number of nitrogens with one attached hydrogen (secondary N) is 1. The van der Waals surface area contributed by atoms with Crippen LogP contribution >= 0.6 is 11.6 Å². The molecule has 0 atom stereocenters. The topological polar surface area (TPSA) is 34.1 Å². The van der Waals surface area contributed by atoms with Crippen LogP contribution in [0, 0.1) is 0 Å². The number of aromatic nitrogens is 1. The Bertz CT molecular complexity index is 599. The Morgan fingerprint density at radius 3 is 2.76 bits per heavy atom. The van der Waals surface area contributed by atoms with E-state index in [0.717, 1.165) is 28.4 Å². The van der Waals surface area contributed by atoms with Crippen molar-refractivity contribution in [1.82, 2.24) is 10.3 Å². The van der Waals surface area contributed by atoms with Crippen molar-refractivity contribution >= 4 is 11.6 Å². The summed E-state index contributed by atoms with van der Waals surface area (Å²) in [7, 11) is 0. The summed E-state index contributed by atoms with van der Waals surface area (Å²) in [5.41, 5.74) is 3.30. The molecule has 1 heterocycles. The first-order valence-corrected chi connectivity index (χ1v) is 7.58. The fourth-order valence-corrected chi connectivity index (χ4v) is 2.27. The molecular weight excluding hydrogens is 284 g/mol. The van der Waals surface area contributed by atoms with Crippen LogP contribution in [0.4, 0.5) is 0 Å². The maximum Gasteiger partial charge on any atom is 0.138 e. The average molecular weight is 305 g/mol. The normalized spacial score (nSPS) is 10.9. The number of hydrogen-bond acceptors (Lipinski definition) is 3. The molecule has 2 aromatic rings. The Balaban J connectivity index is 2.36. The summed E-state index contributed by atoms with van der Waals surface area (Å²) in [5.74, 6) is 0.776. The molecule has 3 nitrogen and oxygen atoms in total. The summed E-state index contributed by atoms with van der Waals surface area (Å²) in [5, 5.41) is 4.16. The lowest BCUT2D eigenvalue weighted by molar-refractivity contribution is 0.339. The van der Waals surface area contributed by atoms with Crippen molar-refractivity contribution in [3.63, 3.8) is 0 Å². The van der Waals surface area contributed by atoms with E-state index in [9.17, 15) is 0 Å². The molecule has 0 spiro atoms. The highest BCUT2D eigenvalue weighted by molar-refractivity contribution is 6.30. The molecule has 1 aromatic heterocycles. The third-order valence-electron chi connectivity index (χ3n) is 3.11. The van der Waals surface area contributed by atoms with Crippen LogP contribution in [-0.2, 0) is 6.54 Å². The number of hydrogen-bond donors (Lipinski definition) is 1. The summed E-state index contributed by atoms with van der Waals surface area (Å²) in [6.45, 7) is 7.65. The van der Waals surface area contributed by atoms with E-state index in [2.05, 4.69) is 30.2 Å². The Hall–Kier alpha value is -1.58. The zero-order valence-corrected chi connectivity index (χ0v) is 13.4. The van der Waals surface area contributed by atoms with Crippen molar-refractivity contribution in [3.05, 3.63) is 47.2 Å². The van der Waals surface area contributed by atoms with Crippen LogP contribution in [0.1, 0.15) is 26.3 Å². The number of benzene rings is 1. The lowest BCUT2D eigenvalue weighted by Crippen LogP contribution is -2.22. The monoisotopic (exact) mass is 304 g/mol. The highest BCUT2D eigenvalue weighted by Crippen LogP contribution is 2.29.